The number of anilines is 1. The monoisotopic (exact) mass is 267 g/mol. The maximum atomic E-state index is 13.3. The Balaban J connectivity index is 2.92. The van der Waals surface area contributed by atoms with Crippen molar-refractivity contribution in [1.82, 2.24) is 0 Å². The van der Waals surface area contributed by atoms with Crippen molar-refractivity contribution in [3.63, 3.8) is 0 Å². The molecule has 2 amide bonds. The van der Waals surface area contributed by atoms with Crippen LogP contribution in [-0.4, -0.2) is 17.9 Å². The summed E-state index contributed by atoms with van der Waals surface area (Å²) >= 11 is 0. The standard InChI is InChI=1S/C13H18FN3O2/c1-13(2,3)10(15)12(19)17-7-4-5-9(14)8(6-7)11(16)18/h4-6,10H,15H2,1-3H3,(H2,16,18)(H,17,19)/t10-/m0/s1. The summed E-state index contributed by atoms with van der Waals surface area (Å²) in [6.45, 7) is 5.49. The molecule has 0 bridgehead atoms. The van der Waals surface area contributed by atoms with Gasteiger partial charge in [-0.05, 0) is 23.6 Å². The van der Waals surface area contributed by atoms with Crippen LogP contribution in [-0.2, 0) is 4.79 Å². The maximum absolute atomic E-state index is 13.3. The van der Waals surface area contributed by atoms with E-state index in [4.69, 9.17) is 11.5 Å². The lowest BCUT2D eigenvalue weighted by Gasteiger charge is -2.25. The lowest BCUT2D eigenvalue weighted by atomic mass is 9.87. The Morgan fingerprint density at radius 1 is 1.32 bits per heavy atom. The van der Waals surface area contributed by atoms with Crippen molar-refractivity contribution in [1.29, 1.82) is 0 Å². The van der Waals surface area contributed by atoms with Gasteiger partial charge in [0.25, 0.3) is 5.91 Å². The molecular formula is C13H18FN3O2. The molecule has 1 aromatic rings. The van der Waals surface area contributed by atoms with Gasteiger partial charge in [-0.3, -0.25) is 9.59 Å². The van der Waals surface area contributed by atoms with Gasteiger partial charge in [0.15, 0.2) is 0 Å². The number of hydrogen-bond acceptors (Lipinski definition) is 3. The number of nitrogens with one attached hydrogen (secondary N) is 1. The van der Waals surface area contributed by atoms with Gasteiger partial charge in [-0.1, -0.05) is 20.8 Å². The highest BCUT2D eigenvalue weighted by Gasteiger charge is 2.27. The molecule has 5 N–H and O–H groups in total. The van der Waals surface area contributed by atoms with Crippen LogP contribution in [0.2, 0.25) is 0 Å². The van der Waals surface area contributed by atoms with Crippen LogP contribution in [0.3, 0.4) is 0 Å². The summed E-state index contributed by atoms with van der Waals surface area (Å²) in [4.78, 5) is 22.9. The van der Waals surface area contributed by atoms with E-state index in [1.165, 1.54) is 12.1 Å². The molecule has 5 nitrogen and oxygen atoms in total. The van der Waals surface area contributed by atoms with Crippen LogP contribution >= 0.6 is 0 Å². The van der Waals surface area contributed by atoms with Crippen molar-refractivity contribution >= 4 is 17.5 Å². The molecule has 1 aromatic carbocycles. The molecule has 0 aliphatic rings. The molecule has 0 aromatic heterocycles. The fraction of sp³-hybridized carbons (Fsp3) is 0.385. The molecule has 0 saturated heterocycles. The zero-order chi connectivity index (χ0) is 14.8. The minimum Gasteiger partial charge on any atom is -0.366 e. The number of benzene rings is 1. The SMILES string of the molecule is CC(C)(C)[C@@H](N)C(=O)Nc1ccc(F)c(C(N)=O)c1. The molecule has 0 saturated carbocycles. The van der Waals surface area contributed by atoms with Crippen LogP contribution in [0.5, 0.6) is 0 Å². The van der Waals surface area contributed by atoms with Gasteiger partial charge in [-0.15, -0.1) is 0 Å². The average Bonchev–Trinajstić information content (AvgIpc) is 2.29. The fourth-order valence-electron chi connectivity index (χ4n) is 1.41. The first kappa shape index (κ1) is 15.1. The third-order valence-electron chi connectivity index (χ3n) is 2.71. The number of hydrogen-bond donors (Lipinski definition) is 3. The number of carbonyl (C=O) groups is 2. The molecule has 19 heavy (non-hydrogen) atoms. The van der Waals surface area contributed by atoms with Crippen molar-refractivity contribution in [2.24, 2.45) is 16.9 Å². The van der Waals surface area contributed by atoms with Gasteiger partial charge in [0.1, 0.15) is 5.82 Å². The quantitative estimate of drug-likeness (QED) is 0.768. The molecule has 6 heteroatoms. The number of rotatable bonds is 3. The molecule has 0 fully saturated rings. The van der Waals surface area contributed by atoms with Crippen molar-refractivity contribution in [2.45, 2.75) is 26.8 Å². The largest absolute Gasteiger partial charge is 0.366 e. The average molecular weight is 267 g/mol. The maximum Gasteiger partial charge on any atom is 0.251 e. The minimum atomic E-state index is -0.895. The van der Waals surface area contributed by atoms with E-state index < -0.39 is 29.1 Å². The second-order valence-corrected chi connectivity index (χ2v) is 5.39. The van der Waals surface area contributed by atoms with Gasteiger partial charge >= 0.3 is 0 Å². The molecule has 0 radical (unpaired) electrons. The molecule has 104 valence electrons. The number of amides is 2. The van der Waals surface area contributed by atoms with Crippen LogP contribution in [0.4, 0.5) is 10.1 Å². The van der Waals surface area contributed by atoms with E-state index in [2.05, 4.69) is 5.32 Å². The van der Waals surface area contributed by atoms with E-state index in [1.54, 1.807) is 0 Å². The van der Waals surface area contributed by atoms with Crippen LogP contribution in [0, 0.1) is 11.2 Å². The first-order chi connectivity index (χ1) is 8.62. The number of carbonyl (C=O) groups excluding carboxylic acids is 2. The Morgan fingerprint density at radius 2 is 1.89 bits per heavy atom. The van der Waals surface area contributed by atoms with E-state index in [0.29, 0.717) is 0 Å². The number of primary amides is 1. The summed E-state index contributed by atoms with van der Waals surface area (Å²) in [6, 6.07) is 2.87. The van der Waals surface area contributed by atoms with Gasteiger partial charge in [0.05, 0.1) is 11.6 Å². The van der Waals surface area contributed by atoms with Gasteiger partial charge < -0.3 is 16.8 Å². The molecule has 0 aliphatic carbocycles. The van der Waals surface area contributed by atoms with Gasteiger partial charge in [-0.2, -0.15) is 0 Å². The van der Waals surface area contributed by atoms with Crippen LogP contribution in [0.1, 0.15) is 31.1 Å². The van der Waals surface area contributed by atoms with Crippen molar-refractivity contribution in [3.8, 4) is 0 Å². The molecule has 0 spiro atoms. The molecule has 0 heterocycles. The summed E-state index contributed by atoms with van der Waals surface area (Å²) in [5.41, 5.74) is 10.4. The Labute approximate surface area is 111 Å². The summed E-state index contributed by atoms with van der Waals surface area (Å²) in [7, 11) is 0. The highest BCUT2D eigenvalue weighted by Crippen LogP contribution is 2.20. The molecule has 0 unspecified atom stereocenters. The normalized spacial score (nSPS) is 12.9. The highest BCUT2D eigenvalue weighted by molar-refractivity contribution is 5.98. The van der Waals surface area contributed by atoms with Crippen LogP contribution in [0.25, 0.3) is 0 Å². The Hall–Kier alpha value is -1.95. The highest BCUT2D eigenvalue weighted by atomic mass is 19.1. The first-order valence-electron chi connectivity index (χ1n) is 5.78. The first-order valence-corrected chi connectivity index (χ1v) is 5.78. The fourth-order valence-corrected chi connectivity index (χ4v) is 1.41. The van der Waals surface area contributed by atoms with E-state index in [9.17, 15) is 14.0 Å². The van der Waals surface area contributed by atoms with Crippen molar-refractivity contribution < 1.29 is 14.0 Å². The molecule has 1 rings (SSSR count). The predicted molar refractivity (Wildman–Crippen MR) is 71.0 cm³/mol. The summed E-state index contributed by atoms with van der Waals surface area (Å²) in [5, 5.41) is 2.53. The second-order valence-electron chi connectivity index (χ2n) is 5.39. The second kappa shape index (κ2) is 5.36. The van der Waals surface area contributed by atoms with Crippen molar-refractivity contribution in [3.05, 3.63) is 29.6 Å². The van der Waals surface area contributed by atoms with E-state index in [-0.39, 0.29) is 11.3 Å². The Morgan fingerprint density at radius 3 is 2.37 bits per heavy atom. The Kier molecular flexibility index (Phi) is 4.26. The van der Waals surface area contributed by atoms with Crippen molar-refractivity contribution in [2.75, 3.05) is 5.32 Å². The Bertz CT molecular complexity index is 509. The zero-order valence-corrected chi connectivity index (χ0v) is 11.2. The van der Waals surface area contributed by atoms with Gasteiger partial charge in [0, 0.05) is 5.69 Å². The van der Waals surface area contributed by atoms with Crippen LogP contribution in [0.15, 0.2) is 18.2 Å². The zero-order valence-electron chi connectivity index (χ0n) is 11.2. The third-order valence-corrected chi connectivity index (χ3v) is 2.71. The van der Waals surface area contributed by atoms with E-state index >= 15 is 0 Å². The van der Waals surface area contributed by atoms with E-state index in [0.717, 1.165) is 6.07 Å². The van der Waals surface area contributed by atoms with Gasteiger partial charge in [0.2, 0.25) is 5.91 Å². The predicted octanol–water partition coefficient (Wildman–Crippen LogP) is 1.24. The lowest BCUT2D eigenvalue weighted by Crippen LogP contribution is -2.45. The lowest BCUT2D eigenvalue weighted by molar-refractivity contribution is -0.119. The van der Waals surface area contributed by atoms with Gasteiger partial charge in [-0.25, -0.2) is 4.39 Å². The minimum absolute atomic E-state index is 0.276. The molecule has 0 aliphatic heterocycles. The summed E-state index contributed by atoms with van der Waals surface area (Å²) in [5.74, 6) is -2.03. The van der Waals surface area contributed by atoms with E-state index in [1.807, 2.05) is 20.8 Å². The molecule has 1 atom stereocenters. The topological polar surface area (TPSA) is 98.2 Å². The van der Waals surface area contributed by atoms with Crippen LogP contribution < -0.4 is 16.8 Å². The molecular weight excluding hydrogens is 249 g/mol. The smallest absolute Gasteiger partial charge is 0.251 e. The summed E-state index contributed by atoms with van der Waals surface area (Å²) < 4.78 is 13.3. The number of halogens is 1. The number of nitrogens with two attached hydrogens (primary N) is 2. The summed E-state index contributed by atoms with van der Waals surface area (Å²) in [6.07, 6.45) is 0. The third kappa shape index (κ3) is 3.75.